The zero-order valence-electron chi connectivity index (χ0n) is 11.4. The molecule has 5 heteroatoms. The van der Waals surface area contributed by atoms with Gasteiger partial charge < -0.3 is 9.94 Å². The van der Waals surface area contributed by atoms with E-state index in [1.165, 1.54) is 0 Å². The average molecular weight is 303 g/mol. The maximum absolute atomic E-state index is 9.10. The highest BCUT2D eigenvalue weighted by molar-refractivity contribution is 6.31. The third kappa shape index (κ3) is 2.85. The summed E-state index contributed by atoms with van der Waals surface area (Å²) in [5, 5.41) is 13.1. The lowest BCUT2D eigenvalue weighted by Crippen LogP contribution is -2.13. The van der Waals surface area contributed by atoms with Gasteiger partial charge in [0.15, 0.2) is 0 Å². The molecule has 1 heterocycles. The van der Waals surface area contributed by atoms with E-state index >= 15 is 0 Å². The molecule has 21 heavy (non-hydrogen) atoms. The van der Waals surface area contributed by atoms with Crippen LogP contribution in [0.25, 0.3) is 0 Å². The number of ether oxygens (including phenoxy) is 1. The third-order valence-corrected chi connectivity index (χ3v) is 3.98. The molecule has 2 aromatic rings. The summed E-state index contributed by atoms with van der Waals surface area (Å²) in [6.07, 6.45) is 5.99. The molecule has 0 bridgehead atoms. The first-order chi connectivity index (χ1) is 10.3. The summed E-state index contributed by atoms with van der Waals surface area (Å²) < 4.78 is 5.92. The number of hydrogen-bond donors (Lipinski definition) is 1. The van der Waals surface area contributed by atoms with Crippen molar-refractivity contribution in [1.82, 2.24) is 4.98 Å². The summed E-state index contributed by atoms with van der Waals surface area (Å²) in [6, 6.07) is 7.67. The van der Waals surface area contributed by atoms with Gasteiger partial charge in [-0.1, -0.05) is 28.9 Å². The summed E-state index contributed by atoms with van der Waals surface area (Å²) in [5.41, 5.74) is 3.70. The van der Waals surface area contributed by atoms with Crippen LogP contribution in [0.5, 0.6) is 5.75 Å². The lowest BCUT2D eigenvalue weighted by atomic mass is 9.89. The first kappa shape index (κ1) is 13.9. The Balaban J connectivity index is 1.85. The summed E-state index contributed by atoms with van der Waals surface area (Å²) in [4.78, 5) is 3.96. The van der Waals surface area contributed by atoms with Gasteiger partial charge in [-0.2, -0.15) is 0 Å². The number of aromatic nitrogens is 1. The second kappa shape index (κ2) is 6.14. The van der Waals surface area contributed by atoms with E-state index in [4.69, 9.17) is 21.5 Å². The van der Waals surface area contributed by atoms with Crippen LogP contribution in [0.3, 0.4) is 0 Å². The Hall–Kier alpha value is -2.07. The van der Waals surface area contributed by atoms with E-state index in [1.807, 2.05) is 24.3 Å². The molecule has 0 spiro atoms. The number of benzene rings is 1. The molecule has 4 nitrogen and oxygen atoms in total. The lowest BCUT2D eigenvalue weighted by Gasteiger charge is -2.20. The molecule has 0 saturated carbocycles. The van der Waals surface area contributed by atoms with Crippen LogP contribution in [0.2, 0.25) is 5.02 Å². The third-order valence-electron chi connectivity index (χ3n) is 3.64. The fraction of sp³-hybridized carbons (Fsp3) is 0.250. The number of pyridine rings is 1. The van der Waals surface area contributed by atoms with Crippen molar-refractivity contribution in [3.63, 3.8) is 0 Å². The van der Waals surface area contributed by atoms with E-state index < -0.39 is 0 Å². The van der Waals surface area contributed by atoms with Crippen molar-refractivity contribution in [2.75, 3.05) is 0 Å². The number of hydrogen-bond acceptors (Lipinski definition) is 4. The molecule has 1 aromatic heterocycles. The second-order valence-electron chi connectivity index (χ2n) is 4.94. The Labute approximate surface area is 128 Å². The molecule has 3 rings (SSSR count). The first-order valence-corrected chi connectivity index (χ1v) is 7.22. The van der Waals surface area contributed by atoms with Crippen LogP contribution >= 0.6 is 11.6 Å². The van der Waals surface area contributed by atoms with Crippen LogP contribution in [0.15, 0.2) is 41.8 Å². The molecule has 0 radical (unpaired) electrons. The normalized spacial score (nSPS) is 15.8. The van der Waals surface area contributed by atoms with Crippen LogP contribution in [-0.4, -0.2) is 15.9 Å². The molecular weight excluding hydrogens is 288 g/mol. The Kier molecular flexibility index (Phi) is 4.06. The van der Waals surface area contributed by atoms with E-state index in [1.54, 1.807) is 12.4 Å². The summed E-state index contributed by atoms with van der Waals surface area (Å²) in [6.45, 7) is 0.392. The fourth-order valence-corrected chi connectivity index (χ4v) is 2.75. The van der Waals surface area contributed by atoms with Crippen molar-refractivity contribution < 1.29 is 9.94 Å². The highest BCUT2D eigenvalue weighted by Crippen LogP contribution is 2.30. The molecular formula is C16H15ClN2O2. The molecule has 1 aliphatic carbocycles. The van der Waals surface area contributed by atoms with Crippen molar-refractivity contribution >= 4 is 17.3 Å². The number of halogens is 1. The Morgan fingerprint density at radius 1 is 1.29 bits per heavy atom. The van der Waals surface area contributed by atoms with Crippen LogP contribution < -0.4 is 4.74 Å². The molecule has 108 valence electrons. The SMILES string of the molecule is ON=C1CCCc2c(OCc3ccncc3Cl)cccc21. The molecule has 1 aromatic carbocycles. The van der Waals surface area contributed by atoms with Crippen LogP contribution in [0, 0.1) is 0 Å². The van der Waals surface area contributed by atoms with Gasteiger partial charge in [0, 0.05) is 29.1 Å². The summed E-state index contributed by atoms with van der Waals surface area (Å²) in [7, 11) is 0. The van der Waals surface area contributed by atoms with E-state index in [2.05, 4.69) is 10.1 Å². The molecule has 0 aliphatic heterocycles. The van der Waals surface area contributed by atoms with Gasteiger partial charge >= 0.3 is 0 Å². The van der Waals surface area contributed by atoms with E-state index in [0.29, 0.717) is 11.6 Å². The largest absolute Gasteiger partial charge is 0.489 e. The Morgan fingerprint density at radius 2 is 2.19 bits per heavy atom. The van der Waals surface area contributed by atoms with E-state index in [0.717, 1.165) is 47.4 Å². The quantitative estimate of drug-likeness (QED) is 0.692. The monoisotopic (exact) mass is 302 g/mol. The molecule has 0 atom stereocenters. The minimum absolute atomic E-state index is 0.392. The number of rotatable bonds is 3. The maximum atomic E-state index is 9.10. The van der Waals surface area contributed by atoms with Gasteiger partial charge in [0.25, 0.3) is 0 Å². The fourth-order valence-electron chi connectivity index (χ4n) is 2.58. The molecule has 0 unspecified atom stereocenters. The molecule has 1 aliphatic rings. The van der Waals surface area contributed by atoms with Gasteiger partial charge in [-0.05, 0) is 31.4 Å². The topological polar surface area (TPSA) is 54.7 Å². The zero-order valence-corrected chi connectivity index (χ0v) is 12.2. The minimum atomic E-state index is 0.392. The number of oxime groups is 1. The second-order valence-corrected chi connectivity index (χ2v) is 5.35. The molecule has 0 fully saturated rings. The standard InChI is InChI=1S/C16H15ClN2O2/c17-14-9-18-8-7-11(14)10-21-16-6-2-3-12-13(16)4-1-5-15(12)19-20/h2-3,6-9,20H,1,4-5,10H2. The predicted octanol–water partition coefficient (Wildman–Crippen LogP) is 3.83. The van der Waals surface area contributed by atoms with E-state index in [9.17, 15) is 0 Å². The highest BCUT2D eigenvalue weighted by Gasteiger charge is 2.19. The van der Waals surface area contributed by atoms with Gasteiger partial charge in [-0.15, -0.1) is 0 Å². The summed E-state index contributed by atoms with van der Waals surface area (Å²) >= 11 is 6.08. The van der Waals surface area contributed by atoms with E-state index in [-0.39, 0.29) is 0 Å². The maximum Gasteiger partial charge on any atom is 0.123 e. The number of fused-ring (bicyclic) bond motifs is 1. The molecule has 0 amide bonds. The van der Waals surface area contributed by atoms with Crippen molar-refractivity contribution in [2.24, 2.45) is 5.16 Å². The first-order valence-electron chi connectivity index (χ1n) is 6.84. The minimum Gasteiger partial charge on any atom is -0.489 e. The van der Waals surface area contributed by atoms with Gasteiger partial charge in [-0.25, -0.2) is 0 Å². The lowest BCUT2D eigenvalue weighted by molar-refractivity contribution is 0.301. The van der Waals surface area contributed by atoms with Crippen LogP contribution in [0.4, 0.5) is 0 Å². The van der Waals surface area contributed by atoms with Crippen molar-refractivity contribution in [2.45, 2.75) is 25.9 Å². The van der Waals surface area contributed by atoms with Crippen molar-refractivity contribution in [3.05, 3.63) is 58.4 Å². The molecule has 0 saturated heterocycles. The highest BCUT2D eigenvalue weighted by atomic mass is 35.5. The van der Waals surface area contributed by atoms with Crippen LogP contribution in [0.1, 0.15) is 29.5 Å². The molecule has 1 N–H and O–H groups in total. The van der Waals surface area contributed by atoms with Gasteiger partial charge in [0.1, 0.15) is 12.4 Å². The number of nitrogens with zero attached hydrogens (tertiary/aromatic N) is 2. The average Bonchev–Trinajstić information content (AvgIpc) is 2.53. The van der Waals surface area contributed by atoms with Crippen molar-refractivity contribution in [3.8, 4) is 5.75 Å². The summed E-state index contributed by atoms with van der Waals surface area (Å²) in [5.74, 6) is 0.821. The smallest absolute Gasteiger partial charge is 0.123 e. The van der Waals surface area contributed by atoms with Gasteiger partial charge in [0.05, 0.1) is 10.7 Å². The van der Waals surface area contributed by atoms with Crippen molar-refractivity contribution in [1.29, 1.82) is 0 Å². The Morgan fingerprint density at radius 3 is 3.00 bits per heavy atom. The zero-order chi connectivity index (χ0) is 14.7. The van der Waals surface area contributed by atoms with Crippen LogP contribution in [-0.2, 0) is 13.0 Å². The predicted molar refractivity (Wildman–Crippen MR) is 81.3 cm³/mol. The van der Waals surface area contributed by atoms with Gasteiger partial charge in [0.2, 0.25) is 0 Å². The van der Waals surface area contributed by atoms with Gasteiger partial charge in [-0.3, -0.25) is 4.98 Å². The Bertz CT molecular complexity index is 686.